The Bertz CT molecular complexity index is 617. The molecule has 1 aromatic rings. The molecule has 2 N–H and O–H groups in total. The number of rotatable bonds is 3. The van der Waals surface area contributed by atoms with Gasteiger partial charge < -0.3 is 15.2 Å². The van der Waals surface area contributed by atoms with E-state index in [9.17, 15) is 14.7 Å². The summed E-state index contributed by atoms with van der Waals surface area (Å²) in [5, 5.41) is 12.1. The molecular weight excluding hydrogens is 270 g/mol. The Morgan fingerprint density at radius 3 is 2.19 bits per heavy atom. The summed E-state index contributed by atoms with van der Waals surface area (Å²) in [6.07, 6.45) is 2.56. The van der Waals surface area contributed by atoms with Crippen molar-refractivity contribution in [2.24, 2.45) is 11.8 Å². The molecule has 0 radical (unpaired) electrons. The molecule has 2 aliphatic rings. The number of anilines is 1. The second-order valence-corrected chi connectivity index (χ2v) is 5.71. The van der Waals surface area contributed by atoms with E-state index in [0.29, 0.717) is 5.69 Å². The third kappa shape index (κ3) is 2.45. The van der Waals surface area contributed by atoms with E-state index in [1.165, 1.54) is 0 Å². The predicted octanol–water partition coefficient (Wildman–Crippen LogP) is 1.90. The third-order valence-electron chi connectivity index (χ3n) is 3.98. The fourth-order valence-electron chi connectivity index (χ4n) is 3.19. The molecule has 5 heteroatoms. The number of hydrogen-bond donors (Lipinski definition) is 2. The SMILES string of the molecule is Cc1cc(C)cc(NC(=O)[C@@H]2[C@@H](C(=O)O)[C@H]3C=C[C@H]2O3)c1. The van der Waals surface area contributed by atoms with Crippen molar-refractivity contribution < 1.29 is 19.4 Å². The van der Waals surface area contributed by atoms with Gasteiger partial charge in [0, 0.05) is 5.69 Å². The number of hydrogen-bond acceptors (Lipinski definition) is 3. The molecule has 0 unspecified atom stereocenters. The molecule has 0 aromatic heterocycles. The van der Waals surface area contributed by atoms with Gasteiger partial charge in [-0.25, -0.2) is 0 Å². The Morgan fingerprint density at radius 2 is 1.62 bits per heavy atom. The fourth-order valence-corrected chi connectivity index (χ4v) is 3.19. The van der Waals surface area contributed by atoms with E-state index < -0.39 is 30.0 Å². The first-order valence-corrected chi connectivity index (χ1v) is 6.91. The van der Waals surface area contributed by atoms with Crippen molar-refractivity contribution in [1.29, 1.82) is 0 Å². The highest BCUT2D eigenvalue weighted by molar-refractivity contribution is 5.96. The van der Waals surface area contributed by atoms with Crippen LogP contribution < -0.4 is 5.32 Å². The van der Waals surface area contributed by atoms with Gasteiger partial charge in [-0.05, 0) is 37.1 Å². The number of nitrogens with one attached hydrogen (secondary N) is 1. The number of carboxylic acids is 1. The average molecular weight is 287 g/mol. The van der Waals surface area contributed by atoms with E-state index in [-0.39, 0.29) is 5.91 Å². The lowest BCUT2D eigenvalue weighted by Gasteiger charge is -2.21. The molecule has 21 heavy (non-hydrogen) atoms. The second kappa shape index (κ2) is 5.00. The van der Waals surface area contributed by atoms with Crippen LogP contribution in [0.5, 0.6) is 0 Å². The van der Waals surface area contributed by atoms with Crippen molar-refractivity contribution >= 4 is 17.6 Å². The number of aliphatic carboxylic acids is 1. The second-order valence-electron chi connectivity index (χ2n) is 5.71. The van der Waals surface area contributed by atoms with Crippen LogP contribution >= 0.6 is 0 Å². The minimum Gasteiger partial charge on any atom is -0.481 e. The van der Waals surface area contributed by atoms with Crippen LogP contribution in [0.3, 0.4) is 0 Å². The molecule has 0 aliphatic carbocycles. The van der Waals surface area contributed by atoms with Gasteiger partial charge in [0.2, 0.25) is 5.91 Å². The summed E-state index contributed by atoms with van der Waals surface area (Å²) in [6.45, 7) is 3.90. The zero-order valence-electron chi connectivity index (χ0n) is 11.9. The molecule has 5 nitrogen and oxygen atoms in total. The van der Waals surface area contributed by atoms with Gasteiger partial charge in [-0.15, -0.1) is 0 Å². The molecule has 1 amide bonds. The summed E-state index contributed by atoms with van der Waals surface area (Å²) in [7, 11) is 0. The quantitative estimate of drug-likeness (QED) is 0.833. The smallest absolute Gasteiger partial charge is 0.310 e. The van der Waals surface area contributed by atoms with Crippen LogP contribution in [0.1, 0.15) is 11.1 Å². The summed E-state index contributed by atoms with van der Waals surface area (Å²) in [5.41, 5.74) is 2.78. The Kier molecular flexibility index (Phi) is 3.29. The van der Waals surface area contributed by atoms with Gasteiger partial charge in [0.05, 0.1) is 18.1 Å². The Balaban J connectivity index is 1.82. The van der Waals surface area contributed by atoms with Gasteiger partial charge in [-0.2, -0.15) is 0 Å². The highest BCUT2D eigenvalue weighted by atomic mass is 16.5. The number of carbonyl (C=O) groups is 2. The van der Waals surface area contributed by atoms with Crippen LogP contribution in [0.15, 0.2) is 30.4 Å². The van der Waals surface area contributed by atoms with E-state index >= 15 is 0 Å². The van der Waals surface area contributed by atoms with Gasteiger partial charge in [-0.1, -0.05) is 18.2 Å². The first kappa shape index (κ1) is 13.8. The Morgan fingerprint density at radius 1 is 1.05 bits per heavy atom. The molecule has 0 spiro atoms. The normalized spacial score (nSPS) is 29.6. The zero-order chi connectivity index (χ0) is 15.1. The number of ether oxygens (including phenoxy) is 1. The number of fused-ring (bicyclic) bond motifs is 2. The Labute approximate surface area is 122 Å². The molecule has 110 valence electrons. The molecule has 1 aromatic carbocycles. The molecule has 1 fully saturated rings. The first-order valence-electron chi connectivity index (χ1n) is 6.91. The number of carboxylic acid groups (broad SMARTS) is 1. The highest BCUT2D eigenvalue weighted by Gasteiger charge is 2.53. The van der Waals surface area contributed by atoms with Crippen molar-refractivity contribution in [3.63, 3.8) is 0 Å². The highest BCUT2D eigenvalue weighted by Crippen LogP contribution is 2.39. The minimum atomic E-state index is -0.993. The zero-order valence-corrected chi connectivity index (χ0v) is 11.9. The summed E-state index contributed by atoms with van der Waals surface area (Å²) >= 11 is 0. The maximum atomic E-state index is 12.5. The number of carbonyl (C=O) groups excluding carboxylic acids is 1. The molecule has 2 aliphatic heterocycles. The van der Waals surface area contributed by atoms with Crippen molar-refractivity contribution in [1.82, 2.24) is 0 Å². The van der Waals surface area contributed by atoms with Gasteiger partial charge in [-0.3, -0.25) is 9.59 Å². The maximum absolute atomic E-state index is 12.5. The molecule has 1 saturated heterocycles. The van der Waals surface area contributed by atoms with Crippen LogP contribution in [-0.4, -0.2) is 29.2 Å². The van der Waals surface area contributed by atoms with E-state index in [1.54, 1.807) is 12.2 Å². The predicted molar refractivity (Wildman–Crippen MR) is 77.0 cm³/mol. The molecule has 4 atom stereocenters. The van der Waals surface area contributed by atoms with Crippen LogP contribution in [0, 0.1) is 25.7 Å². The first-order chi connectivity index (χ1) is 9.95. The Hall–Kier alpha value is -2.14. The maximum Gasteiger partial charge on any atom is 0.310 e. The summed E-state index contributed by atoms with van der Waals surface area (Å²) < 4.78 is 5.51. The van der Waals surface area contributed by atoms with Crippen LogP contribution in [0.25, 0.3) is 0 Å². The van der Waals surface area contributed by atoms with E-state index in [2.05, 4.69) is 5.32 Å². The van der Waals surface area contributed by atoms with Crippen molar-refractivity contribution in [2.45, 2.75) is 26.1 Å². The van der Waals surface area contributed by atoms with Gasteiger partial charge in [0.25, 0.3) is 0 Å². The fraction of sp³-hybridized carbons (Fsp3) is 0.375. The van der Waals surface area contributed by atoms with Crippen molar-refractivity contribution in [2.75, 3.05) is 5.32 Å². The van der Waals surface area contributed by atoms with E-state index in [0.717, 1.165) is 11.1 Å². The number of aryl methyl sites for hydroxylation is 2. The van der Waals surface area contributed by atoms with Crippen molar-refractivity contribution in [3.05, 3.63) is 41.5 Å². The van der Waals surface area contributed by atoms with Crippen molar-refractivity contribution in [3.8, 4) is 0 Å². The third-order valence-corrected chi connectivity index (χ3v) is 3.98. The lowest BCUT2D eigenvalue weighted by Crippen LogP contribution is -2.39. The lowest BCUT2D eigenvalue weighted by atomic mass is 9.82. The lowest BCUT2D eigenvalue weighted by molar-refractivity contribution is -0.145. The molecular formula is C16H17NO4. The van der Waals surface area contributed by atoms with E-state index in [4.69, 9.17) is 4.74 Å². The summed E-state index contributed by atoms with van der Waals surface area (Å²) in [5.74, 6) is -2.79. The number of benzene rings is 1. The minimum absolute atomic E-state index is 0.302. The number of amides is 1. The molecule has 3 rings (SSSR count). The molecule has 0 saturated carbocycles. The summed E-state index contributed by atoms with van der Waals surface area (Å²) in [6, 6.07) is 5.74. The monoisotopic (exact) mass is 287 g/mol. The summed E-state index contributed by atoms with van der Waals surface area (Å²) in [4.78, 5) is 23.8. The van der Waals surface area contributed by atoms with Crippen LogP contribution in [0.2, 0.25) is 0 Å². The van der Waals surface area contributed by atoms with Gasteiger partial charge >= 0.3 is 5.97 Å². The van der Waals surface area contributed by atoms with Crippen LogP contribution in [-0.2, 0) is 14.3 Å². The topological polar surface area (TPSA) is 75.6 Å². The van der Waals surface area contributed by atoms with Gasteiger partial charge in [0.1, 0.15) is 5.92 Å². The van der Waals surface area contributed by atoms with Gasteiger partial charge in [0.15, 0.2) is 0 Å². The molecule has 2 bridgehead atoms. The largest absolute Gasteiger partial charge is 0.481 e. The van der Waals surface area contributed by atoms with E-state index in [1.807, 2.05) is 32.0 Å². The van der Waals surface area contributed by atoms with Crippen LogP contribution in [0.4, 0.5) is 5.69 Å². The standard InChI is InChI=1S/C16H17NO4/c1-8-5-9(2)7-10(6-8)17-15(18)13-11-3-4-12(21-11)14(13)16(19)20/h3-7,11-14H,1-2H3,(H,17,18)(H,19,20)/t11-,12-,13+,14+/m1/s1. The average Bonchev–Trinajstić information content (AvgIpc) is 2.96. The molecule has 2 heterocycles.